The van der Waals surface area contributed by atoms with Crippen molar-refractivity contribution in [3.63, 3.8) is 0 Å². The first-order valence-corrected chi connectivity index (χ1v) is 11.9. The van der Waals surface area contributed by atoms with E-state index in [0.717, 1.165) is 50.1 Å². The fourth-order valence-electron chi connectivity index (χ4n) is 3.96. The largest absolute Gasteiger partial charge is 0.331 e. The highest BCUT2D eigenvalue weighted by Gasteiger charge is 2.17. The van der Waals surface area contributed by atoms with E-state index in [2.05, 4.69) is 91.4 Å². The quantitative estimate of drug-likeness (QED) is 0.315. The van der Waals surface area contributed by atoms with E-state index in [0.29, 0.717) is 0 Å². The Morgan fingerprint density at radius 2 is 1.73 bits per heavy atom. The summed E-state index contributed by atoms with van der Waals surface area (Å²) in [6.45, 7) is 8.83. The van der Waals surface area contributed by atoms with E-state index >= 15 is 0 Å². The molecular weight excluding hydrogens is 426 g/mol. The molecule has 0 unspecified atom stereocenters. The maximum Gasteiger partial charge on any atom is 0.187 e. The van der Waals surface area contributed by atoms with Crippen LogP contribution in [0.25, 0.3) is 33.7 Å². The molecule has 0 saturated carbocycles. The summed E-state index contributed by atoms with van der Waals surface area (Å²) in [6.07, 6.45) is 3.57. The van der Waals surface area contributed by atoms with Crippen LogP contribution in [0.4, 0.5) is 10.8 Å². The number of nitrogens with one attached hydrogen (secondary N) is 1. The van der Waals surface area contributed by atoms with E-state index in [4.69, 9.17) is 9.97 Å². The molecule has 5 aromatic rings. The summed E-state index contributed by atoms with van der Waals surface area (Å²) in [6, 6.07) is 17.0. The van der Waals surface area contributed by atoms with Gasteiger partial charge in [-0.2, -0.15) is 0 Å². The molecule has 0 aliphatic rings. The van der Waals surface area contributed by atoms with Gasteiger partial charge in [0.15, 0.2) is 5.13 Å². The van der Waals surface area contributed by atoms with Crippen molar-refractivity contribution in [2.45, 2.75) is 33.1 Å². The SMILES string of the molecule is Cc1cc2c(cc1Nc1nc(-c3ccncc3)cs1)nc(-c1cccc(C(C)(C)C)c1)n2C. The van der Waals surface area contributed by atoms with Crippen LogP contribution in [0.2, 0.25) is 0 Å². The number of aryl methyl sites for hydroxylation is 2. The van der Waals surface area contributed by atoms with Crippen LogP contribution in [-0.2, 0) is 12.5 Å². The fraction of sp³-hybridized carbons (Fsp3) is 0.222. The zero-order valence-electron chi connectivity index (χ0n) is 19.5. The van der Waals surface area contributed by atoms with Crippen LogP contribution >= 0.6 is 11.3 Å². The molecule has 2 aromatic carbocycles. The van der Waals surface area contributed by atoms with Crippen LogP contribution in [0.5, 0.6) is 0 Å². The third-order valence-electron chi connectivity index (χ3n) is 5.94. The number of nitrogens with zero attached hydrogens (tertiary/aromatic N) is 4. The first-order valence-electron chi connectivity index (χ1n) is 11.0. The fourth-order valence-corrected chi connectivity index (χ4v) is 4.69. The summed E-state index contributed by atoms with van der Waals surface area (Å²) in [5, 5.41) is 6.42. The maximum atomic E-state index is 5.00. The summed E-state index contributed by atoms with van der Waals surface area (Å²) in [4.78, 5) is 13.8. The number of pyridine rings is 1. The molecule has 0 fully saturated rings. The molecule has 33 heavy (non-hydrogen) atoms. The Morgan fingerprint density at radius 1 is 0.939 bits per heavy atom. The lowest BCUT2D eigenvalue weighted by Gasteiger charge is -2.19. The Labute approximate surface area is 198 Å². The summed E-state index contributed by atoms with van der Waals surface area (Å²) in [5.74, 6) is 0.974. The summed E-state index contributed by atoms with van der Waals surface area (Å²) < 4.78 is 2.18. The van der Waals surface area contributed by atoms with E-state index in [-0.39, 0.29) is 5.41 Å². The molecule has 0 saturated heterocycles. The smallest absolute Gasteiger partial charge is 0.187 e. The predicted molar refractivity (Wildman–Crippen MR) is 138 cm³/mol. The molecule has 6 heteroatoms. The minimum absolute atomic E-state index is 0.0943. The Kier molecular flexibility index (Phi) is 5.25. The van der Waals surface area contributed by atoms with E-state index in [9.17, 15) is 0 Å². The van der Waals surface area contributed by atoms with Crippen LogP contribution in [0, 0.1) is 6.92 Å². The first-order chi connectivity index (χ1) is 15.8. The highest BCUT2D eigenvalue weighted by molar-refractivity contribution is 7.14. The topological polar surface area (TPSA) is 55.6 Å². The van der Waals surface area contributed by atoms with Crippen molar-refractivity contribution in [1.82, 2.24) is 19.5 Å². The number of hydrogen-bond donors (Lipinski definition) is 1. The monoisotopic (exact) mass is 453 g/mol. The van der Waals surface area contributed by atoms with Gasteiger partial charge in [0.1, 0.15) is 5.82 Å². The Morgan fingerprint density at radius 3 is 2.48 bits per heavy atom. The maximum absolute atomic E-state index is 5.00. The molecule has 0 radical (unpaired) electrons. The zero-order chi connectivity index (χ0) is 23.2. The van der Waals surface area contributed by atoms with Gasteiger partial charge < -0.3 is 9.88 Å². The van der Waals surface area contributed by atoms with Gasteiger partial charge in [-0.05, 0) is 53.8 Å². The normalized spacial score (nSPS) is 11.8. The Bertz CT molecular complexity index is 1440. The molecule has 166 valence electrons. The lowest BCUT2D eigenvalue weighted by Crippen LogP contribution is -2.11. The predicted octanol–water partition coefficient (Wildman–Crippen LogP) is 7.11. The Balaban J connectivity index is 1.49. The minimum atomic E-state index is 0.0943. The van der Waals surface area contributed by atoms with Crippen LogP contribution in [0.3, 0.4) is 0 Å². The van der Waals surface area contributed by atoms with E-state index in [1.165, 1.54) is 5.56 Å². The summed E-state index contributed by atoms with van der Waals surface area (Å²) in [5.41, 5.74) is 8.80. The molecule has 0 bridgehead atoms. The van der Waals surface area contributed by atoms with E-state index in [1.54, 1.807) is 23.7 Å². The highest BCUT2D eigenvalue weighted by atomic mass is 32.1. The van der Waals surface area contributed by atoms with Crippen molar-refractivity contribution >= 4 is 33.2 Å². The molecule has 1 N–H and O–H groups in total. The molecule has 0 aliphatic heterocycles. The number of imidazole rings is 1. The molecular formula is C27H27N5S. The third-order valence-corrected chi connectivity index (χ3v) is 6.69. The van der Waals surface area contributed by atoms with Gasteiger partial charge in [-0.25, -0.2) is 9.97 Å². The number of hydrogen-bond acceptors (Lipinski definition) is 5. The van der Waals surface area contributed by atoms with E-state index in [1.807, 2.05) is 12.1 Å². The number of thiazole rings is 1. The van der Waals surface area contributed by atoms with Gasteiger partial charge in [-0.3, -0.25) is 4.98 Å². The summed E-state index contributed by atoms with van der Waals surface area (Å²) >= 11 is 1.59. The molecule has 0 spiro atoms. The number of rotatable bonds is 4. The van der Waals surface area contributed by atoms with Crippen molar-refractivity contribution < 1.29 is 0 Å². The standard InChI is InChI=1S/C27H27N5S/c1-17-13-24-22(29-25(32(24)5)19-7-6-8-20(14-19)27(2,3)4)15-21(17)30-26-31-23(16-33-26)18-9-11-28-12-10-18/h6-16H,1-5H3,(H,30,31). The second-order valence-corrected chi connectivity index (χ2v) is 10.2. The van der Waals surface area contributed by atoms with Crippen LogP contribution < -0.4 is 5.32 Å². The van der Waals surface area contributed by atoms with Gasteiger partial charge in [0.25, 0.3) is 0 Å². The van der Waals surface area contributed by atoms with Crippen molar-refractivity contribution in [2.24, 2.45) is 7.05 Å². The number of benzene rings is 2. The van der Waals surface area contributed by atoms with Gasteiger partial charge in [-0.1, -0.05) is 39.0 Å². The number of anilines is 2. The zero-order valence-corrected chi connectivity index (χ0v) is 20.4. The van der Waals surface area contributed by atoms with Crippen molar-refractivity contribution in [3.05, 3.63) is 77.4 Å². The molecule has 0 atom stereocenters. The number of fused-ring (bicyclic) bond motifs is 1. The van der Waals surface area contributed by atoms with Crippen LogP contribution in [0.1, 0.15) is 31.9 Å². The van der Waals surface area contributed by atoms with Crippen LogP contribution in [0.15, 0.2) is 66.3 Å². The second-order valence-electron chi connectivity index (χ2n) is 9.38. The second kappa shape index (κ2) is 8.12. The van der Waals surface area contributed by atoms with Crippen LogP contribution in [-0.4, -0.2) is 19.5 Å². The molecule has 3 aromatic heterocycles. The molecule has 0 amide bonds. The van der Waals surface area contributed by atoms with E-state index < -0.39 is 0 Å². The van der Waals surface area contributed by atoms with Crippen molar-refractivity contribution in [2.75, 3.05) is 5.32 Å². The van der Waals surface area contributed by atoms with Gasteiger partial charge in [-0.15, -0.1) is 11.3 Å². The van der Waals surface area contributed by atoms with Gasteiger partial charge in [0.05, 0.1) is 16.7 Å². The highest BCUT2D eigenvalue weighted by Crippen LogP contribution is 2.33. The molecule has 3 heterocycles. The molecule has 5 rings (SSSR count). The van der Waals surface area contributed by atoms with Crippen molar-refractivity contribution in [1.29, 1.82) is 0 Å². The third kappa shape index (κ3) is 4.14. The summed E-state index contributed by atoms with van der Waals surface area (Å²) in [7, 11) is 2.09. The van der Waals surface area contributed by atoms with Gasteiger partial charge >= 0.3 is 0 Å². The molecule has 0 aliphatic carbocycles. The Hall–Kier alpha value is -3.51. The average molecular weight is 454 g/mol. The number of aromatic nitrogens is 4. The van der Waals surface area contributed by atoms with Gasteiger partial charge in [0, 0.05) is 41.6 Å². The molecule has 5 nitrogen and oxygen atoms in total. The lowest BCUT2D eigenvalue weighted by atomic mass is 9.86. The first kappa shape index (κ1) is 21.3. The van der Waals surface area contributed by atoms with Crippen molar-refractivity contribution in [3.8, 4) is 22.6 Å². The average Bonchev–Trinajstić information content (AvgIpc) is 3.39. The minimum Gasteiger partial charge on any atom is -0.331 e. The van der Waals surface area contributed by atoms with Gasteiger partial charge in [0.2, 0.25) is 0 Å². The lowest BCUT2D eigenvalue weighted by molar-refractivity contribution is 0.590.